The van der Waals surface area contributed by atoms with Crippen LogP contribution in [-0.4, -0.2) is 6.04 Å². The van der Waals surface area contributed by atoms with E-state index in [0.29, 0.717) is 5.69 Å². The summed E-state index contributed by atoms with van der Waals surface area (Å²) in [6, 6.07) is 5.33. The van der Waals surface area contributed by atoms with Gasteiger partial charge in [-0.2, -0.15) is 18.4 Å². The summed E-state index contributed by atoms with van der Waals surface area (Å²) >= 11 is 0. The summed E-state index contributed by atoms with van der Waals surface area (Å²) in [4.78, 5) is 0. The van der Waals surface area contributed by atoms with Gasteiger partial charge in [-0.1, -0.05) is 33.1 Å². The summed E-state index contributed by atoms with van der Waals surface area (Å²) in [6.45, 7) is 4.17. The lowest BCUT2D eigenvalue weighted by molar-refractivity contribution is -0.137. The number of anilines is 1. The first-order valence-electron chi connectivity index (χ1n) is 7.30. The molecule has 0 heterocycles. The fourth-order valence-electron chi connectivity index (χ4n) is 2.25. The molecule has 0 saturated heterocycles. The second-order valence-electron chi connectivity index (χ2n) is 5.14. The van der Waals surface area contributed by atoms with E-state index in [9.17, 15) is 13.2 Å². The molecule has 1 aromatic carbocycles. The lowest BCUT2D eigenvalue weighted by Crippen LogP contribution is -2.20. The third kappa shape index (κ3) is 5.30. The van der Waals surface area contributed by atoms with Gasteiger partial charge in [0.15, 0.2) is 0 Å². The molecule has 1 atom stereocenters. The van der Waals surface area contributed by atoms with Crippen molar-refractivity contribution in [2.24, 2.45) is 0 Å². The summed E-state index contributed by atoms with van der Waals surface area (Å²) in [5.41, 5.74) is -0.257. The van der Waals surface area contributed by atoms with Gasteiger partial charge in [0, 0.05) is 6.04 Å². The topological polar surface area (TPSA) is 35.8 Å². The van der Waals surface area contributed by atoms with E-state index in [1.54, 1.807) is 0 Å². The van der Waals surface area contributed by atoms with Gasteiger partial charge in [0.1, 0.15) is 6.07 Å². The zero-order valence-electron chi connectivity index (χ0n) is 12.4. The maximum Gasteiger partial charge on any atom is 0.416 e. The van der Waals surface area contributed by atoms with E-state index in [-0.39, 0.29) is 11.6 Å². The van der Waals surface area contributed by atoms with E-state index in [1.807, 2.05) is 6.07 Å². The Morgan fingerprint density at radius 3 is 2.43 bits per heavy atom. The number of benzene rings is 1. The van der Waals surface area contributed by atoms with Crippen LogP contribution in [0.5, 0.6) is 0 Å². The zero-order valence-corrected chi connectivity index (χ0v) is 12.4. The fraction of sp³-hybridized carbons (Fsp3) is 0.562. The highest BCUT2D eigenvalue weighted by molar-refractivity contribution is 5.59. The Balaban J connectivity index is 2.93. The second-order valence-corrected chi connectivity index (χ2v) is 5.14. The van der Waals surface area contributed by atoms with Crippen molar-refractivity contribution in [2.75, 3.05) is 5.32 Å². The molecule has 0 amide bonds. The molecule has 2 nitrogen and oxygen atoms in total. The molecule has 5 heteroatoms. The van der Waals surface area contributed by atoms with Crippen LogP contribution in [0.1, 0.15) is 57.1 Å². The molecule has 1 N–H and O–H groups in total. The normalized spacial score (nSPS) is 12.8. The molecular weight excluding hydrogens is 277 g/mol. The smallest absolute Gasteiger partial charge is 0.381 e. The van der Waals surface area contributed by atoms with Gasteiger partial charge in [0.25, 0.3) is 0 Å². The van der Waals surface area contributed by atoms with Gasteiger partial charge >= 0.3 is 6.18 Å². The molecule has 116 valence electrons. The van der Waals surface area contributed by atoms with E-state index in [2.05, 4.69) is 19.2 Å². The van der Waals surface area contributed by atoms with Crippen LogP contribution in [-0.2, 0) is 6.18 Å². The Kier molecular flexibility index (Phi) is 6.54. The highest BCUT2D eigenvalue weighted by Crippen LogP contribution is 2.32. The predicted octanol–water partition coefficient (Wildman–Crippen LogP) is 5.35. The van der Waals surface area contributed by atoms with Crippen molar-refractivity contribution in [3.05, 3.63) is 29.3 Å². The Hall–Kier alpha value is -1.70. The highest BCUT2D eigenvalue weighted by Gasteiger charge is 2.31. The van der Waals surface area contributed by atoms with Gasteiger partial charge in [-0.05, 0) is 31.0 Å². The fourth-order valence-corrected chi connectivity index (χ4v) is 2.25. The molecule has 0 saturated carbocycles. The lowest BCUT2D eigenvalue weighted by Gasteiger charge is -2.20. The lowest BCUT2D eigenvalue weighted by atomic mass is 10.0. The van der Waals surface area contributed by atoms with Crippen LogP contribution in [0.15, 0.2) is 18.2 Å². The molecule has 0 aliphatic heterocycles. The summed E-state index contributed by atoms with van der Waals surface area (Å²) in [5, 5.41) is 12.3. The number of nitriles is 1. The SMILES string of the molecule is CCCCC(CCC)Nc1ccc(C(F)(F)F)cc1C#N. The second kappa shape index (κ2) is 7.92. The van der Waals surface area contributed by atoms with Crippen molar-refractivity contribution in [1.82, 2.24) is 0 Å². The maximum atomic E-state index is 12.7. The van der Waals surface area contributed by atoms with Crippen LogP contribution in [0, 0.1) is 11.3 Å². The Morgan fingerprint density at radius 2 is 1.90 bits per heavy atom. The van der Waals surface area contributed by atoms with Crippen molar-refractivity contribution >= 4 is 5.69 Å². The molecule has 1 unspecified atom stereocenters. The monoisotopic (exact) mass is 298 g/mol. The van der Waals surface area contributed by atoms with Crippen LogP contribution in [0.4, 0.5) is 18.9 Å². The van der Waals surface area contributed by atoms with E-state index >= 15 is 0 Å². The van der Waals surface area contributed by atoms with Gasteiger partial charge < -0.3 is 5.32 Å². The van der Waals surface area contributed by atoms with Crippen molar-refractivity contribution in [3.8, 4) is 6.07 Å². The molecular formula is C16H21F3N2. The molecule has 21 heavy (non-hydrogen) atoms. The first kappa shape index (κ1) is 17.4. The summed E-state index contributed by atoms with van der Waals surface area (Å²) in [6.07, 6.45) is 0.585. The summed E-state index contributed by atoms with van der Waals surface area (Å²) < 4.78 is 38.0. The molecule has 0 spiro atoms. The van der Waals surface area contributed by atoms with Gasteiger partial charge in [-0.3, -0.25) is 0 Å². The van der Waals surface area contributed by atoms with Crippen molar-refractivity contribution in [1.29, 1.82) is 5.26 Å². The van der Waals surface area contributed by atoms with Gasteiger partial charge in [0.05, 0.1) is 16.8 Å². The summed E-state index contributed by atoms with van der Waals surface area (Å²) in [7, 11) is 0. The molecule has 0 aliphatic rings. The minimum absolute atomic E-state index is 0.0439. The average molecular weight is 298 g/mol. The number of unbranched alkanes of at least 4 members (excludes halogenated alkanes) is 1. The molecule has 0 radical (unpaired) electrons. The minimum Gasteiger partial charge on any atom is -0.381 e. The molecule has 0 fully saturated rings. The number of halogens is 3. The largest absolute Gasteiger partial charge is 0.416 e. The average Bonchev–Trinajstić information content (AvgIpc) is 2.44. The number of hydrogen-bond donors (Lipinski definition) is 1. The first-order chi connectivity index (χ1) is 9.92. The van der Waals surface area contributed by atoms with Crippen LogP contribution in [0.3, 0.4) is 0 Å². The van der Waals surface area contributed by atoms with E-state index in [1.165, 1.54) is 6.07 Å². The first-order valence-corrected chi connectivity index (χ1v) is 7.30. The van der Waals surface area contributed by atoms with Crippen molar-refractivity contribution < 1.29 is 13.2 Å². The van der Waals surface area contributed by atoms with Crippen LogP contribution >= 0.6 is 0 Å². The quantitative estimate of drug-likeness (QED) is 0.736. The molecule has 0 bridgehead atoms. The van der Waals surface area contributed by atoms with Crippen molar-refractivity contribution in [2.45, 2.75) is 58.2 Å². The van der Waals surface area contributed by atoms with Crippen molar-refractivity contribution in [3.63, 3.8) is 0 Å². The zero-order chi connectivity index (χ0) is 15.9. The third-order valence-corrected chi connectivity index (χ3v) is 3.37. The molecule has 1 aromatic rings. The highest BCUT2D eigenvalue weighted by atomic mass is 19.4. The maximum absolute atomic E-state index is 12.7. The van der Waals surface area contributed by atoms with E-state index in [0.717, 1.165) is 44.2 Å². The number of nitrogens with one attached hydrogen (secondary N) is 1. The summed E-state index contributed by atoms with van der Waals surface area (Å²) in [5.74, 6) is 0. The molecule has 0 aromatic heterocycles. The standard InChI is InChI=1S/C16H21F3N2/c1-3-5-7-14(6-4-2)21-15-9-8-13(16(17,18)19)10-12(15)11-20/h8-10,14,21H,3-7H2,1-2H3. The van der Waals surface area contributed by atoms with E-state index < -0.39 is 11.7 Å². The third-order valence-electron chi connectivity index (χ3n) is 3.37. The van der Waals surface area contributed by atoms with Gasteiger partial charge in [-0.15, -0.1) is 0 Å². The van der Waals surface area contributed by atoms with E-state index in [4.69, 9.17) is 5.26 Å². The predicted molar refractivity (Wildman–Crippen MR) is 78.0 cm³/mol. The minimum atomic E-state index is -4.42. The van der Waals surface area contributed by atoms with Gasteiger partial charge in [0.2, 0.25) is 0 Å². The Bertz CT molecular complexity index is 489. The number of alkyl halides is 3. The Labute approximate surface area is 124 Å². The number of rotatable bonds is 7. The molecule has 1 rings (SSSR count). The van der Waals surface area contributed by atoms with Gasteiger partial charge in [-0.25, -0.2) is 0 Å². The number of hydrogen-bond acceptors (Lipinski definition) is 2. The van der Waals surface area contributed by atoms with Crippen LogP contribution in [0.25, 0.3) is 0 Å². The number of nitrogens with zero attached hydrogens (tertiary/aromatic N) is 1. The van der Waals surface area contributed by atoms with Crippen LogP contribution < -0.4 is 5.32 Å². The molecule has 0 aliphatic carbocycles. The Morgan fingerprint density at radius 1 is 1.19 bits per heavy atom. The van der Waals surface area contributed by atoms with Crippen LogP contribution in [0.2, 0.25) is 0 Å².